The molecule has 0 aliphatic carbocycles. The van der Waals surface area contributed by atoms with Crippen molar-refractivity contribution in [3.8, 4) is 0 Å². The number of nitrogens with zero attached hydrogens (tertiary/aromatic N) is 1. The zero-order valence-corrected chi connectivity index (χ0v) is 13.3. The minimum atomic E-state index is -3.63. The van der Waals surface area contributed by atoms with Gasteiger partial charge in [0.1, 0.15) is 0 Å². The summed E-state index contributed by atoms with van der Waals surface area (Å²) in [7, 11) is -3.63. The van der Waals surface area contributed by atoms with Crippen molar-refractivity contribution in [2.24, 2.45) is 0 Å². The Labute approximate surface area is 133 Å². The molecule has 3 rings (SSSR count). The van der Waals surface area contributed by atoms with E-state index >= 15 is 0 Å². The van der Waals surface area contributed by atoms with E-state index in [9.17, 15) is 8.42 Å². The lowest BCUT2D eigenvalue weighted by Gasteiger charge is -2.09. The third-order valence-corrected chi connectivity index (χ3v) is 4.95. The SMILES string of the molecule is Cc1ccc(S(=O)(=O)Nc2cnc3c(Cl)cccc3c2)cc1. The Morgan fingerprint density at radius 3 is 2.55 bits per heavy atom. The summed E-state index contributed by atoms with van der Waals surface area (Å²) >= 11 is 6.05. The quantitative estimate of drug-likeness (QED) is 0.788. The van der Waals surface area contributed by atoms with Crippen LogP contribution in [-0.2, 0) is 10.0 Å². The van der Waals surface area contributed by atoms with Crippen LogP contribution in [0.1, 0.15) is 5.56 Å². The van der Waals surface area contributed by atoms with E-state index in [4.69, 9.17) is 11.6 Å². The van der Waals surface area contributed by atoms with Gasteiger partial charge in [-0.3, -0.25) is 9.71 Å². The van der Waals surface area contributed by atoms with Gasteiger partial charge in [0.2, 0.25) is 0 Å². The summed E-state index contributed by atoms with van der Waals surface area (Å²) in [6, 6.07) is 13.7. The zero-order chi connectivity index (χ0) is 15.7. The van der Waals surface area contributed by atoms with Crippen LogP contribution < -0.4 is 4.72 Å². The van der Waals surface area contributed by atoms with E-state index in [2.05, 4.69) is 9.71 Å². The van der Waals surface area contributed by atoms with Gasteiger partial charge in [-0.15, -0.1) is 0 Å². The van der Waals surface area contributed by atoms with Crippen molar-refractivity contribution in [3.05, 3.63) is 65.3 Å². The van der Waals surface area contributed by atoms with Gasteiger partial charge in [-0.2, -0.15) is 0 Å². The average Bonchev–Trinajstić information content (AvgIpc) is 2.47. The third-order valence-electron chi connectivity index (χ3n) is 3.25. The van der Waals surface area contributed by atoms with Crippen molar-refractivity contribution in [1.29, 1.82) is 0 Å². The molecule has 0 saturated heterocycles. The van der Waals surface area contributed by atoms with E-state index in [1.54, 1.807) is 42.5 Å². The topological polar surface area (TPSA) is 59.1 Å². The van der Waals surface area contributed by atoms with E-state index < -0.39 is 10.0 Å². The highest BCUT2D eigenvalue weighted by atomic mass is 35.5. The van der Waals surface area contributed by atoms with E-state index in [1.807, 2.05) is 13.0 Å². The smallest absolute Gasteiger partial charge is 0.261 e. The lowest BCUT2D eigenvalue weighted by atomic mass is 10.2. The Hall–Kier alpha value is -2.11. The lowest BCUT2D eigenvalue weighted by molar-refractivity contribution is 0.601. The molecule has 0 bridgehead atoms. The molecule has 0 saturated carbocycles. The van der Waals surface area contributed by atoms with Crippen LogP contribution in [0.15, 0.2) is 59.6 Å². The Morgan fingerprint density at radius 2 is 1.82 bits per heavy atom. The molecular formula is C16H13ClN2O2S. The van der Waals surface area contributed by atoms with Crippen LogP contribution in [0.5, 0.6) is 0 Å². The predicted octanol–water partition coefficient (Wildman–Crippen LogP) is 4.00. The molecule has 0 fully saturated rings. The summed E-state index contributed by atoms with van der Waals surface area (Å²) in [6.45, 7) is 1.90. The number of pyridine rings is 1. The standard InChI is InChI=1S/C16H13ClN2O2S/c1-11-5-7-14(8-6-11)22(20,21)19-13-9-12-3-2-4-15(17)16(12)18-10-13/h2-10,19H,1H3. The van der Waals surface area contributed by atoms with Crippen molar-refractivity contribution in [2.45, 2.75) is 11.8 Å². The first kappa shape index (κ1) is 14.8. The van der Waals surface area contributed by atoms with E-state index in [0.29, 0.717) is 16.2 Å². The van der Waals surface area contributed by atoms with Crippen LogP contribution in [-0.4, -0.2) is 13.4 Å². The Balaban J connectivity index is 1.97. The maximum atomic E-state index is 12.4. The summed E-state index contributed by atoms with van der Waals surface area (Å²) in [5.41, 5.74) is 2.04. The van der Waals surface area contributed by atoms with Crippen molar-refractivity contribution in [1.82, 2.24) is 4.98 Å². The van der Waals surface area contributed by atoms with Gasteiger partial charge in [0.25, 0.3) is 10.0 Å². The van der Waals surface area contributed by atoms with Gasteiger partial charge in [-0.25, -0.2) is 8.42 Å². The molecule has 2 aromatic carbocycles. The van der Waals surface area contributed by atoms with Gasteiger partial charge >= 0.3 is 0 Å². The van der Waals surface area contributed by atoms with Crippen molar-refractivity contribution in [3.63, 3.8) is 0 Å². The van der Waals surface area contributed by atoms with Crippen LogP contribution in [0.4, 0.5) is 5.69 Å². The van der Waals surface area contributed by atoms with E-state index in [1.165, 1.54) is 6.20 Å². The van der Waals surface area contributed by atoms with E-state index in [0.717, 1.165) is 10.9 Å². The normalized spacial score (nSPS) is 11.5. The summed E-state index contributed by atoms with van der Waals surface area (Å²) in [5.74, 6) is 0. The van der Waals surface area contributed by atoms with E-state index in [-0.39, 0.29) is 4.90 Å². The Bertz CT molecular complexity index is 938. The maximum absolute atomic E-state index is 12.4. The van der Waals surface area contributed by atoms with Crippen LogP contribution in [0.2, 0.25) is 5.02 Å². The molecular weight excluding hydrogens is 320 g/mol. The fourth-order valence-electron chi connectivity index (χ4n) is 2.11. The molecule has 112 valence electrons. The van der Waals surface area contributed by atoms with Gasteiger partial charge in [-0.05, 0) is 31.2 Å². The van der Waals surface area contributed by atoms with Gasteiger partial charge in [0, 0.05) is 5.39 Å². The van der Waals surface area contributed by atoms with Crippen molar-refractivity contribution >= 4 is 38.2 Å². The van der Waals surface area contributed by atoms with Crippen LogP contribution in [0.3, 0.4) is 0 Å². The molecule has 0 aliphatic heterocycles. The summed E-state index contributed by atoms with van der Waals surface area (Å²) < 4.78 is 27.2. The Morgan fingerprint density at radius 1 is 1.09 bits per heavy atom. The number of aromatic nitrogens is 1. The number of nitrogens with one attached hydrogen (secondary N) is 1. The zero-order valence-electron chi connectivity index (χ0n) is 11.7. The van der Waals surface area contributed by atoms with Gasteiger partial charge < -0.3 is 0 Å². The molecule has 3 aromatic rings. The first-order valence-electron chi connectivity index (χ1n) is 6.59. The second kappa shape index (κ2) is 5.59. The van der Waals surface area contributed by atoms with Gasteiger partial charge in [0.15, 0.2) is 0 Å². The number of sulfonamides is 1. The van der Waals surface area contributed by atoms with Gasteiger partial charge in [0.05, 0.1) is 27.3 Å². The monoisotopic (exact) mass is 332 g/mol. The summed E-state index contributed by atoms with van der Waals surface area (Å²) in [5, 5.41) is 1.31. The van der Waals surface area contributed by atoms with Gasteiger partial charge in [-0.1, -0.05) is 41.4 Å². The molecule has 0 atom stereocenters. The minimum absolute atomic E-state index is 0.212. The number of halogens is 1. The summed E-state index contributed by atoms with van der Waals surface area (Å²) in [4.78, 5) is 4.43. The second-order valence-corrected chi connectivity index (χ2v) is 7.04. The molecule has 0 spiro atoms. The number of fused-ring (bicyclic) bond motifs is 1. The highest BCUT2D eigenvalue weighted by molar-refractivity contribution is 7.92. The fourth-order valence-corrected chi connectivity index (χ4v) is 3.38. The fraction of sp³-hybridized carbons (Fsp3) is 0.0625. The number of benzene rings is 2. The molecule has 1 N–H and O–H groups in total. The highest BCUT2D eigenvalue weighted by Gasteiger charge is 2.14. The molecule has 6 heteroatoms. The number of aryl methyl sites for hydroxylation is 1. The largest absolute Gasteiger partial charge is 0.278 e. The third kappa shape index (κ3) is 2.91. The van der Waals surface area contributed by atoms with Crippen LogP contribution in [0, 0.1) is 6.92 Å². The molecule has 22 heavy (non-hydrogen) atoms. The minimum Gasteiger partial charge on any atom is -0.278 e. The molecule has 0 radical (unpaired) electrons. The summed E-state index contributed by atoms with van der Waals surface area (Å²) in [6.07, 6.45) is 1.46. The number of rotatable bonds is 3. The first-order valence-corrected chi connectivity index (χ1v) is 8.45. The number of hydrogen-bond acceptors (Lipinski definition) is 3. The highest BCUT2D eigenvalue weighted by Crippen LogP contribution is 2.24. The maximum Gasteiger partial charge on any atom is 0.261 e. The first-order chi connectivity index (χ1) is 10.5. The number of hydrogen-bond donors (Lipinski definition) is 1. The molecule has 4 nitrogen and oxygen atoms in total. The molecule has 1 heterocycles. The molecule has 0 unspecified atom stereocenters. The molecule has 1 aromatic heterocycles. The lowest BCUT2D eigenvalue weighted by Crippen LogP contribution is -2.13. The average molecular weight is 333 g/mol. The predicted molar refractivity (Wildman–Crippen MR) is 88.7 cm³/mol. The molecule has 0 amide bonds. The van der Waals surface area contributed by atoms with Crippen molar-refractivity contribution in [2.75, 3.05) is 4.72 Å². The molecule has 0 aliphatic rings. The number of anilines is 1. The van der Waals surface area contributed by atoms with Crippen LogP contribution in [0.25, 0.3) is 10.9 Å². The Kier molecular flexibility index (Phi) is 3.76. The van der Waals surface area contributed by atoms with Crippen molar-refractivity contribution < 1.29 is 8.42 Å². The second-order valence-electron chi connectivity index (χ2n) is 4.95. The number of para-hydroxylation sites is 1. The van der Waals surface area contributed by atoms with Crippen LogP contribution >= 0.6 is 11.6 Å².